The topological polar surface area (TPSA) is 61.6 Å². The molecule has 0 amide bonds. The van der Waals surface area contributed by atoms with Gasteiger partial charge in [0.1, 0.15) is 5.58 Å². The molecule has 0 saturated heterocycles. The van der Waals surface area contributed by atoms with Gasteiger partial charge in [0.25, 0.3) is 0 Å². The van der Waals surface area contributed by atoms with E-state index in [1.54, 1.807) is 38.7 Å². The summed E-state index contributed by atoms with van der Waals surface area (Å²) in [6.45, 7) is 0. The summed E-state index contributed by atoms with van der Waals surface area (Å²) in [6, 6.07) is 11.0. The summed E-state index contributed by atoms with van der Waals surface area (Å²) in [5.74, 6) is 1.28. The van der Waals surface area contributed by atoms with Gasteiger partial charge in [0.2, 0.25) is 0 Å². The van der Waals surface area contributed by atoms with Gasteiger partial charge in [-0.2, -0.15) is 0 Å². The molecule has 5 heteroatoms. The van der Waals surface area contributed by atoms with Crippen molar-refractivity contribution in [2.75, 3.05) is 14.2 Å². The van der Waals surface area contributed by atoms with Crippen LogP contribution in [0.15, 0.2) is 64.3 Å². The van der Waals surface area contributed by atoms with Crippen molar-refractivity contribution >= 4 is 21.7 Å². The number of fused-ring (bicyclic) bond motifs is 2. The van der Waals surface area contributed by atoms with Crippen molar-refractivity contribution in [1.29, 1.82) is 0 Å². The Hall–Kier alpha value is -3.34. The lowest BCUT2D eigenvalue weighted by Crippen LogP contribution is -2.09. The fraction of sp³-hybridized carbons (Fsp3) is 0.143. The number of nitrogens with zero attached hydrogens (tertiary/aromatic N) is 1. The van der Waals surface area contributed by atoms with Crippen molar-refractivity contribution in [3.8, 4) is 11.5 Å². The highest BCUT2D eigenvalue weighted by Crippen LogP contribution is 2.33. The monoisotopic (exact) mass is 347 g/mol. The number of para-hydroxylation sites is 1. The van der Waals surface area contributed by atoms with Crippen LogP contribution in [0.3, 0.4) is 0 Å². The highest BCUT2D eigenvalue weighted by atomic mass is 16.5. The Morgan fingerprint density at radius 1 is 0.962 bits per heavy atom. The van der Waals surface area contributed by atoms with E-state index in [1.165, 1.54) is 6.26 Å². The number of rotatable bonds is 4. The van der Waals surface area contributed by atoms with E-state index < -0.39 is 0 Å². The zero-order valence-electron chi connectivity index (χ0n) is 14.5. The van der Waals surface area contributed by atoms with Crippen LogP contribution in [0.4, 0.5) is 0 Å². The molecule has 4 rings (SSSR count). The lowest BCUT2D eigenvalue weighted by atomic mass is 10.0. The standard InChI is InChI=1S/C21H17NO4/c1-24-19-8-14-11-22-10-13(17(14)9-20(19)25-2)7-15-12-26-18-6-4-3-5-16(18)21(15)23/h3-6,8-12H,7H2,1-2H3. The van der Waals surface area contributed by atoms with Crippen LogP contribution in [0, 0.1) is 0 Å². The van der Waals surface area contributed by atoms with Gasteiger partial charge in [0.05, 0.1) is 25.9 Å². The zero-order valence-corrected chi connectivity index (χ0v) is 14.5. The first-order chi connectivity index (χ1) is 12.7. The molecule has 0 radical (unpaired) electrons. The third-order valence-electron chi connectivity index (χ3n) is 4.48. The van der Waals surface area contributed by atoms with Crippen LogP contribution in [0.1, 0.15) is 11.1 Å². The molecule has 2 aromatic heterocycles. The molecule has 5 nitrogen and oxygen atoms in total. The van der Waals surface area contributed by atoms with E-state index >= 15 is 0 Å². The number of hydrogen-bond donors (Lipinski definition) is 0. The largest absolute Gasteiger partial charge is 0.493 e. The average Bonchev–Trinajstić information content (AvgIpc) is 2.69. The van der Waals surface area contributed by atoms with E-state index in [0.717, 1.165) is 16.3 Å². The fourth-order valence-corrected chi connectivity index (χ4v) is 3.14. The molecule has 0 aliphatic heterocycles. The summed E-state index contributed by atoms with van der Waals surface area (Å²) >= 11 is 0. The van der Waals surface area contributed by atoms with Gasteiger partial charge >= 0.3 is 0 Å². The van der Waals surface area contributed by atoms with Gasteiger partial charge in [-0.05, 0) is 35.2 Å². The molecule has 2 aromatic carbocycles. The Balaban J connectivity index is 1.85. The predicted octanol–water partition coefficient (Wildman–Crippen LogP) is 3.95. The van der Waals surface area contributed by atoms with Crippen molar-refractivity contribution in [2.24, 2.45) is 0 Å². The van der Waals surface area contributed by atoms with Gasteiger partial charge in [-0.25, -0.2) is 0 Å². The van der Waals surface area contributed by atoms with Crippen LogP contribution in [-0.4, -0.2) is 19.2 Å². The molecule has 26 heavy (non-hydrogen) atoms. The van der Waals surface area contributed by atoms with E-state index in [-0.39, 0.29) is 5.43 Å². The smallest absolute Gasteiger partial charge is 0.196 e. The SMILES string of the molecule is COc1cc2cncc(Cc3coc4ccccc4c3=O)c2cc1OC. The lowest BCUT2D eigenvalue weighted by Gasteiger charge is -2.11. The maximum absolute atomic E-state index is 12.8. The Labute approximate surface area is 149 Å². The highest BCUT2D eigenvalue weighted by molar-refractivity contribution is 5.88. The maximum Gasteiger partial charge on any atom is 0.196 e. The normalized spacial score (nSPS) is 11.0. The van der Waals surface area contributed by atoms with E-state index in [0.29, 0.717) is 34.5 Å². The summed E-state index contributed by atoms with van der Waals surface area (Å²) in [5, 5.41) is 2.47. The summed E-state index contributed by atoms with van der Waals surface area (Å²) in [4.78, 5) is 17.1. The van der Waals surface area contributed by atoms with Gasteiger partial charge in [0, 0.05) is 29.8 Å². The fourth-order valence-electron chi connectivity index (χ4n) is 3.14. The molecule has 0 bridgehead atoms. The molecule has 0 aliphatic carbocycles. The summed E-state index contributed by atoms with van der Waals surface area (Å²) in [6.07, 6.45) is 5.49. The number of hydrogen-bond acceptors (Lipinski definition) is 5. The van der Waals surface area contributed by atoms with E-state index in [9.17, 15) is 4.79 Å². The second kappa shape index (κ2) is 6.52. The van der Waals surface area contributed by atoms with Crippen molar-refractivity contribution in [3.05, 3.63) is 76.4 Å². The van der Waals surface area contributed by atoms with Gasteiger partial charge in [-0.1, -0.05) is 12.1 Å². The minimum absolute atomic E-state index is 0.0238. The van der Waals surface area contributed by atoms with Gasteiger partial charge < -0.3 is 13.9 Å². The summed E-state index contributed by atoms with van der Waals surface area (Å²) in [7, 11) is 3.20. The minimum atomic E-state index is -0.0238. The Kier molecular flexibility index (Phi) is 4.05. The molecular formula is C21H17NO4. The van der Waals surface area contributed by atoms with Crippen molar-refractivity contribution < 1.29 is 13.9 Å². The molecular weight excluding hydrogens is 330 g/mol. The number of aromatic nitrogens is 1. The molecule has 0 fully saturated rings. The molecule has 4 aromatic rings. The second-order valence-electron chi connectivity index (χ2n) is 5.99. The lowest BCUT2D eigenvalue weighted by molar-refractivity contribution is 0.356. The zero-order chi connectivity index (χ0) is 18.1. The predicted molar refractivity (Wildman–Crippen MR) is 100 cm³/mol. The maximum atomic E-state index is 12.8. The van der Waals surface area contributed by atoms with E-state index in [4.69, 9.17) is 13.9 Å². The van der Waals surface area contributed by atoms with Gasteiger partial charge in [-0.3, -0.25) is 9.78 Å². The average molecular weight is 347 g/mol. The second-order valence-corrected chi connectivity index (χ2v) is 5.99. The van der Waals surface area contributed by atoms with E-state index in [2.05, 4.69) is 4.98 Å². The molecule has 0 aliphatic rings. The van der Waals surface area contributed by atoms with Crippen molar-refractivity contribution in [1.82, 2.24) is 4.98 Å². The summed E-state index contributed by atoms with van der Waals surface area (Å²) in [5.41, 5.74) is 2.08. The number of benzene rings is 2. The van der Waals surface area contributed by atoms with Crippen LogP contribution < -0.4 is 14.9 Å². The van der Waals surface area contributed by atoms with Gasteiger partial charge in [0.15, 0.2) is 16.9 Å². The summed E-state index contributed by atoms with van der Waals surface area (Å²) < 4.78 is 16.4. The van der Waals surface area contributed by atoms with Crippen molar-refractivity contribution in [2.45, 2.75) is 6.42 Å². The minimum Gasteiger partial charge on any atom is -0.493 e. The van der Waals surface area contributed by atoms with Crippen molar-refractivity contribution in [3.63, 3.8) is 0 Å². The first-order valence-electron chi connectivity index (χ1n) is 8.19. The molecule has 2 heterocycles. The molecule has 0 N–H and O–H groups in total. The van der Waals surface area contributed by atoms with Crippen LogP contribution in [0.25, 0.3) is 21.7 Å². The highest BCUT2D eigenvalue weighted by Gasteiger charge is 2.12. The number of ether oxygens (including phenoxy) is 2. The van der Waals surface area contributed by atoms with Crippen LogP contribution in [-0.2, 0) is 6.42 Å². The third kappa shape index (κ3) is 2.67. The van der Waals surface area contributed by atoms with Crippen LogP contribution in [0.5, 0.6) is 11.5 Å². The molecule has 0 unspecified atom stereocenters. The number of pyridine rings is 1. The first kappa shape index (κ1) is 16.1. The molecule has 0 saturated carbocycles. The van der Waals surface area contributed by atoms with Gasteiger partial charge in [-0.15, -0.1) is 0 Å². The Bertz CT molecular complexity index is 1160. The Morgan fingerprint density at radius 3 is 2.54 bits per heavy atom. The quantitative estimate of drug-likeness (QED) is 0.559. The van der Waals surface area contributed by atoms with Crippen LogP contribution in [0.2, 0.25) is 0 Å². The van der Waals surface area contributed by atoms with Crippen LogP contribution >= 0.6 is 0 Å². The number of methoxy groups -OCH3 is 2. The van der Waals surface area contributed by atoms with E-state index in [1.807, 2.05) is 24.3 Å². The third-order valence-corrected chi connectivity index (χ3v) is 4.48. The first-order valence-corrected chi connectivity index (χ1v) is 8.19. The molecule has 0 spiro atoms. The molecule has 0 atom stereocenters. The molecule has 130 valence electrons. The Morgan fingerprint density at radius 2 is 1.73 bits per heavy atom.